The maximum absolute atomic E-state index is 12.8. The minimum absolute atomic E-state index is 0.0401. The monoisotopic (exact) mass is 340 g/mol. The van der Waals surface area contributed by atoms with Gasteiger partial charge >= 0.3 is 0 Å². The van der Waals surface area contributed by atoms with Crippen LogP contribution in [0.25, 0.3) is 0 Å². The zero-order valence-electron chi connectivity index (χ0n) is 13.7. The van der Waals surface area contributed by atoms with Gasteiger partial charge in [-0.15, -0.1) is 11.8 Å². The van der Waals surface area contributed by atoms with Crippen LogP contribution in [0.3, 0.4) is 0 Å². The highest BCUT2D eigenvalue weighted by Crippen LogP contribution is 2.18. The lowest BCUT2D eigenvalue weighted by Crippen LogP contribution is -2.43. The molecular weight excluding hydrogens is 315 g/mol. The van der Waals surface area contributed by atoms with Gasteiger partial charge in [-0.1, -0.05) is 6.92 Å². The third kappa shape index (κ3) is 9.07. The van der Waals surface area contributed by atoms with Crippen molar-refractivity contribution in [3.05, 3.63) is 30.1 Å². The summed E-state index contributed by atoms with van der Waals surface area (Å²) in [7, 11) is 1.67. The molecule has 5 nitrogen and oxygen atoms in total. The van der Waals surface area contributed by atoms with Crippen LogP contribution in [-0.4, -0.2) is 44.3 Å². The second-order valence-corrected chi connectivity index (χ2v) is 6.03. The Morgan fingerprint density at radius 3 is 2.57 bits per heavy atom. The van der Waals surface area contributed by atoms with E-state index in [-0.39, 0.29) is 18.3 Å². The number of hydrogen-bond acceptors (Lipinski definition) is 3. The highest BCUT2D eigenvalue weighted by atomic mass is 32.2. The van der Waals surface area contributed by atoms with Gasteiger partial charge in [0.1, 0.15) is 5.82 Å². The molecule has 0 radical (unpaired) electrons. The summed E-state index contributed by atoms with van der Waals surface area (Å²) >= 11 is 1.68. The van der Waals surface area contributed by atoms with Gasteiger partial charge in [0.2, 0.25) is 5.91 Å². The van der Waals surface area contributed by atoms with Crippen molar-refractivity contribution >= 4 is 23.6 Å². The van der Waals surface area contributed by atoms with E-state index < -0.39 is 0 Å². The lowest BCUT2D eigenvalue weighted by molar-refractivity contribution is -0.120. The largest absolute Gasteiger partial charge is 0.356 e. The predicted molar refractivity (Wildman–Crippen MR) is 94.4 cm³/mol. The first-order valence-corrected chi connectivity index (χ1v) is 8.74. The molecule has 7 heteroatoms. The average molecular weight is 340 g/mol. The number of guanidine groups is 1. The molecule has 0 atom stereocenters. The number of benzene rings is 1. The lowest BCUT2D eigenvalue weighted by Gasteiger charge is -2.11. The fourth-order valence-electron chi connectivity index (χ4n) is 1.71. The number of carbonyl (C=O) groups excluding carboxylic acids is 1. The number of halogens is 1. The Kier molecular flexibility index (Phi) is 9.86. The molecule has 1 aromatic rings. The molecule has 1 rings (SSSR count). The second kappa shape index (κ2) is 11.8. The quantitative estimate of drug-likeness (QED) is 0.278. The first kappa shape index (κ1) is 19.3. The van der Waals surface area contributed by atoms with Gasteiger partial charge in [-0.25, -0.2) is 4.39 Å². The first-order valence-electron chi connectivity index (χ1n) is 7.75. The van der Waals surface area contributed by atoms with Gasteiger partial charge in [-0.2, -0.15) is 0 Å². The molecule has 1 amide bonds. The molecule has 0 aliphatic heterocycles. The molecule has 0 aromatic heterocycles. The molecular formula is C16H25FN4OS. The molecule has 0 fully saturated rings. The van der Waals surface area contributed by atoms with Crippen LogP contribution in [0.15, 0.2) is 34.2 Å². The summed E-state index contributed by atoms with van der Waals surface area (Å²) in [6, 6.07) is 6.50. The van der Waals surface area contributed by atoms with Crippen LogP contribution in [0.5, 0.6) is 0 Å². The molecule has 0 spiro atoms. The van der Waals surface area contributed by atoms with Crippen LogP contribution in [0.2, 0.25) is 0 Å². The van der Waals surface area contributed by atoms with Crippen LogP contribution in [0.4, 0.5) is 4.39 Å². The third-order valence-electron chi connectivity index (χ3n) is 2.91. The van der Waals surface area contributed by atoms with Gasteiger partial charge in [0.25, 0.3) is 0 Å². The Labute approximate surface area is 141 Å². The van der Waals surface area contributed by atoms with Crippen molar-refractivity contribution in [3.63, 3.8) is 0 Å². The SMILES string of the molecule is CCCNC(=O)CNC(=NC)NCCCSc1ccc(F)cc1. The minimum Gasteiger partial charge on any atom is -0.356 e. The normalized spacial score (nSPS) is 11.2. The lowest BCUT2D eigenvalue weighted by atomic mass is 10.4. The number of carbonyl (C=O) groups is 1. The van der Waals surface area contributed by atoms with Crippen molar-refractivity contribution in [2.45, 2.75) is 24.7 Å². The van der Waals surface area contributed by atoms with E-state index >= 15 is 0 Å². The topological polar surface area (TPSA) is 65.5 Å². The number of amides is 1. The maximum atomic E-state index is 12.8. The predicted octanol–water partition coefficient (Wildman–Crippen LogP) is 2.00. The van der Waals surface area contributed by atoms with Gasteiger partial charge in [0.15, 0.2) is 5.96 Å². The number of thioether (sulfide) groups is 1. The molecule has 0 saturated carbocycles. The van der Waals surface area contributed by atoms with Gasteiger partial charge in [0.05, 0.1) is 6.54 Å². The Morgan fingerprint density at radius 1 is 1.17 bits per heavy atom. The summed E-state index contributed by atoms with van der Waals surface area (Å²) in [6.07, 6.45) is 1.86. The summed E-state index contributed by atoms with van der Waals surface area (Å²) in [5.41, 5.74) is 0. The highest BCUT2D eigenvalue weighted by Gasteiger charge is 2.02. The smallest absolute Gasteiger partial charge is 0.239 e. The number of nitrogens with zero attached hydrogens (tertiary/aromatic N) is 1. The molecule has 0 bridgehead atoms. The van der Waals surface area contributed by atoms with E-state index in [4.69, 9.17) is 0 Å². The first-order chi connectivity index (χ1) is 11.2. The van der Waals surface area contributed by atoms with Gasteiger partial charge < -0.3 is 16.0 Å². The molecule has 0 unspecified atom stereocenters. The molecule has 128 valence electrons. The number of rotatable bonds is 9. The van der Waals surface area contributed by atoms with E-state index in [1.807, 2.05) is 6.92 Å². The molecule has 3 N–H and O–H groups in total. The Balaban J connectivity index is 2.12. The van der Waals surface area contributed by atoms with Crippen LogP contribution in [0, 0.1) is 5.82 Å². The Hall–Kier alpha value is -1.76. The van der Waals surface area contributed by atoms with E-state index in [1.165, 1.54) is 12.1 Å². The van der Waals surface area contributed by atoms with Crippen molar-refractivity contribution in [1.82, 2.24) is 16.0 Å². The standard InChI is InChI=1S/C16H25FN4OS/c1-3-9-19-15(22)12-21-16(18-2)20-10-4-11-23-14-7-5-13(17)6-8-14/h5-8H,3-4,9-12H2,1-2H3,(H,19,22)(H2,18,20,21). The van der Waals surface area contributed by atoms with E-state index in [1.54, 1.807) is 30.9 Å². The van der Waals surface area contributed by atoms with E-state index in [2.05, 4.69) is 20.9 Å². The minimum atomic E-state index is -0.214. The summed E-state index contributed by atoms with van der Waals surface area (Å²) in [5, 5.41) is 8.93. The Bertz CT molecular complexity index is 493. The number of nitrogens with one attached hydrogen (secondary N) is 3. The van der Waals surface area contributed by atoms with Gasteiger partial charge in [0, 0.05) is 25.0 Å². The Morgan fingerprint density at radius 2 is 1.91 bits per heavy atom. The fourth-order valence-corrected chi connectivity index (χ4v) is 2.56. The van der Waals surface area contributed by atoms with Crippen molar-refractivity contribution in [1.29, 1.82) is 0 Å². The summed E-state index contributed by atoms with van der Waals surface area (Å²) < 4.78 is 12.8. The number of hydrogen-bond donors (Lipinski definition) is 3. The van der Waals surface area contributed by atoms with E-state index in [9.17, 15) is 9.18 Å². The van der Waals surface area contributed by atoms with E-state index in [0.29, 0.717) is 12.5 Å². The number of aliphatic imine (C=N–C) groups is 1. The van der Waals surface area contributed by atoms with Crippen molar-refractivity contribution < 1.29 is 9.18 Å². The summed E-state index contributed by atoms with van der Waals surface area (Å²) in [5.74, 6) is 1.28. The van der Waals surface area contributed by atoms with Crippen molar-refractivity contribution in [2.24, 2.45) is 4.99 Å². The summed E-state index contributed by atoms with van der Waals surface area (Å²) in [4.78, 5) is 16.6. The summed E-state index contributed by atoms with van der Waals surface area (Å²) in [6.45, 7) is 3.67. The molecule has 0 aliphatic rings. The molecule has 0 aliphatic carbocycles. The average Bonchev–Trinajstić information content (AvgIpc) is 2.57. The van der Waals surface area contributed by atoms with Crippen molar-refractivity contribution in [2.75, 3.05) is 32.4 Å². The maximum Gasteiger partial charge on any atom is 0.239 e. The molecule has 0 saturated heterocycles. The zero-order valence-corrected chi connectivity index (χ0v) is 14.5. The van der Waals surface area contributed by atoms with Crippen LogP contribution in [-0.2, 0) is 4.79 Å². The van der Waals surface area contributed by atoms with E-state index in [0.717, 1.165) is 30.0 Å². The fraction of sp³-hybridized carbons (Fsp3) is 0.500. The van der Waals surface area contributed by atoms with Gasteiger partial charge in [-0.05, 0) is 42.9 Å². The van der Waals surface area contributed by atoms with Crippen LogP contribution < -0.4 is 16.0 Å². The second-order valence-electron chi connectivity index (χ2n) is 4.86. The molecule has 0 heterocycles. The van der Waals surface area contributed by atoms with Crippen LogP contribution in [0.1, 0.15) is 19.8 Å². The third-order valence-corrected chi connectivity index (χ3v) is 4.01. The highest BCUT2D eigenvalue weighted by molar-refractivity contribution is 7.99. The zero-order chi connectivity index (χ0) is 16.9. The van der Waals surface area contributed by atoms with Crippen molar-refractivity contribution in [3.8, 4) is 0 Å². The molecule has 1 aromatic carbocycles. The molecule has 23 heavy (non-hydrogen) atoms. The van der Waals surface area contributed by atoms with Crippen LogP contribution >= 0.6 is 11.8 Å². The van der Waals surface area contributed by atoms with Gasteiger partial charge in [-0.3, -0.25) is 9.79 Å².